The van der Waals surface area contributed by atoms with Gasteiger partial charge in [-0.2, -0.15) is 0 Å². The SMILES string of the molecule is Cc1nonc1CC(=O)N[C@H]1CCOC[C@@H]1OCc1c(C)noc1C. The van der Waals surface area contributed by atoms with Crippen LogP contribution in [0.25, 0.3) is 0 Å². The first-order valence-electron chi connectivity index (χ1n) is 8.23. The van der Waals surface area contributed by atoms with E-state index in [0.29, 0.717) is 37.6 Å². The summed E-state index contributed by atoms with van der Waals surface area (Å²) >= 11 is 0. The van der Waals surface area contributed by atoms with Gasteiger partial charge in [-0.15, -0.1) is 0 Å². The van der Waals surface area contributed by atoms with Crippen LogP contribution in [0.2, 0.25) is 0 Å². The Balaban J connectivity index is 1.57. The van der Waals surface area contributed by atoms with Crippen molar-refractivity contribution in [2.75, 3.05) is 13.2 Å². The molecule has 2 atom stereocenters. The highest BCUT2D eigenvalue weighted by molar-refractivity contribution is 5.78. The first-order valence-corrected chi connectivity index (χ1v) is 8.23. The van der Waals surface area contributed by atoms with Crippen LogP contribution in [-0.2, 0) is 27.3 Å². The fraction of sp³-hybridized carbons (Fsp3) is 0.625. The molecule has 0 aliphatic carbocycles. The molecule has 9 nitrogen and oxygen atoms in total. The predicted molar refractivity (Wildman–Crippen MR) is 84.7 cm³/mol. The van der Waals surface area contributed by atoms with Crippen molar-refractivity contribution >= 4 is 5.91 Å². The summed E-state index contributed by atoms with van der Waals surface area (Å²) in [6, 6.07) is -0.123. The van der Waals surface area contributed by atoms with Gasteiger partial charge >= 0.3 is 0 Å². The molecule has 3 rings (SSSR count). The van der Waals surface area contributed by atoms with Gasteiger partial charge in [0.2, 0.25) is 5.91 Å². The number of hydrogen-bond acceptors (Lipinski definition) is 8. The zero-order chi connectivity index (χ0) is 17.8. The maximum atomic E-state index is 12.3. The highest BCUT2D eigenvalue weighted by atomic mass is 16.6. The topological polar surface area (TPSA) is 113 Å². The van der Waals surface area contributed by atoms with Crippen molar-refractivity contribution in [3.05, 3.63) is 28.4 Å². The van der Waals surface area contributed by atoms with E-state index in [-0.39, 0.29) is 24.5 Å². The molecule has 1 aliphatic heterocycles. The Hall–Kier alpha value is -2.26. The molecule has 25 heavy (non-hydrogen) atoms. The molecule has 1 aliphatic rings. The van der Waals surface area contributed by atoms with Gasteiger partial charge in [0.05, 0.1) is 31.4 Å². The highest BCUT2D eigenvalue weighted by Crippen LogP contribution is 2.18. The minimum absolute atomic E-state index is 0.123. The van der Waals surface area contributed by atoms with E-state index in [9.17, 15) is 4.79 Å². The Morgan fingerprint density at radius 1 is 1.24 bits per heavy atom. The van der Waals surface area contributed by atoms with E-state index in [1.54, 1.807) is 6.92 Å². The molecule has 0 bridgehead atoms. The molecule has 136 valence electrons. The second kappa shape index (κ2) is 7.75. The van der Waals surface area contributed by atoms with Crippen molar-refractivity contribution < 1.29 is 23.4 Å². The maximum Gasteiger partial charge on any atom is 0.226 e. The lowest BCUT2D eigenvalue weighted by molar-refractivity contribution is -0.126. The van der Waals surface area contributed by atoms with Crippen molar-refractivity contribution in [1.82, 2.24) is 20.8 Å². The third kappa shape index (κ3) is 4.23. The van der Waals surface area contributed by atoms with Gasteiger partial charge in [-0.25, -0.2) is 4.63 Å². The standard InChI is InChI=1S/C16H22N4O5/c1-9-12(11(3)24-18-9)7-23-15-8-22-5-4-13(15)17-16(21)6-14-10(2)19-25-20-14/h13,15H,4-8H2,1-3H3,(H,17,21)/t13-,15-/m0/s1. The average molecular weight is 350 g/mol. The van der Waals surface area contributed by atoms with Crippen LogP contribution in [0, 0.1) is 20.8 Å². The molecule has 2 aromatic heterocycles. The Labute approximate surface area is 145 Å². The van der Waals surface area contributed by atoms with Gasteiger partial charge in [0.1, 0.15) is 23.3 Å². The molecular formula is C16H22N4O5. The molecule has 1 amide bonds. The van der Waals surface area contributed by atoms with Crippen LogP contribution in [0.3, 0.4) is 0 Å². The van der Waals surface area contributed by atoms with E-state index in [2.05, 4.69) is 25.4 Å². The Kier molecular flexibility index (Phi) is 5.44. The van der Waals surface area contributed by atoms with Crippen LogP contribution in [-0.4, -0.2) is 46.7 Å². The number of ether oxygens (including phenoxy) is 2. The van der Waals surface area contributed by atoms with E-state index < -0.39 is 0 Å². The number of nitrogens with zero attached hydrogens (tertiary/aromatic N) is 3. The number of aromatic nitrogens is 3. The molecule has 0 radical (unpaired) electrons. The summed E-state index contributed by atoms with van der Waals surface area (Å²) in [5.74, 6) is 0.598. The van der Waals surface area contributed by atoms with E-state index in [4.69, 9.17) is 14.0 Å². The molecule has 1 saturated heterocycles. The fourth-order valence-corrected chi connectivity index (χ4v) is 2.76. The average Bonchev–Trinajstić information content (AvgIpc) is 3.13. The number of amides is 1. The van der Waals surface area contributed by atoms with Crippen LogP contribution in [0.5, 0.6) is 0 Å². The minimum Gasteiger partial charge on any atom is -0.379 e. The summed E-state index contributed by atoms with van der Waals surface area (Å²) in [4.78, 5) is 12.3. The van der Waals surface area contributed by atoms with Gasteiger partial charge in [0, 0.05) is 12.2 Å². The van der Waals surface area contributed by atoms with E-state index >= 15 is 0 Å². The predicted octanol–water partition coefficient (Wildman–Crippen LogP) is 1.02. The minimum atomic E-state index is -0.233. The summed E-state index contributed by atoms with van der Waals surface area (Å²) in [6.45, 7) is 6.86. The van der Waals surface area contributed by atoms with Crippen molar-refractivity contribution in [2.24, 2.45) is 0 Å². The van der Waals surface area contributed by atoms with E-state index in [1.807, 2.05) is 13.8 Å². The van der Waals surface area contributed by atoms with Gasteiger partial charge in [-0.3, -0.25) is 4.79 Å². The van der Waals surface area contributed by atoms with Crippen LogP contribution in [0.15, 0.2) is 9.15 Å². The lowest BCUT2D eigenvalue weighted by Gasteiger charge is -2.32. The molecule has 3 heterocycles. The fourth-order valence-electron chi connectivity index (χ4n) is 2.76. The molecule has 0 aromatic carbocycles. The third-order valence-electron chi connectivity index (χ3n) is 4.35. The third-order valence-corrected chi connectivity index (χ3v) is 4.35. The molecule has 9 heteroatoms. The first-order chi connectivity index (χ1) is 12.0. The van der Waals surface area contributed by atoms with Crippen molar-refractivity contribution in [1.29, 1.82) is 0 Å². The number of carbonyl (C=O) groups is 1. The molecule has 2 aromatic rings. The highest BCUT2D eigenvalue weighted by Gasteiger charge is 2.29. The van der Waals surface area contributed by atoms with Crippen molar-refractivity contribution in [3.8, 4) is 0 Å². The first kappa shape index (κ1) is 17.6. The number of rotatable bonds is 6. The molecule has 0 saturated carbocycles. The monoisotopic (exact) mass is 350 g/mol. The second-order valence-electron chi connectivity index (χ2n) is 6.16. The summed E-state index contributed by atoms with van der Waals surface area (Å²) in [5.41, 5.74) is 2.90. The number of carbonyl (C=O) groups excluding carboxylic acids is 1. The Morgan fingerprint density at radius 3 is 2.76 bits per heavy atom. The second-order valence-corrected chi connectivity index (χ2v) is 6.16. The van der Waals surface area contributed by atoms with Gasteiger partial charge in [-0.05, 0) is 27.2 Å². The number of nitrogens with one attached hydrogen (secondary N) is 1. The zero-order valence-electron chi connectivity index (χ0n) is 14.6. The van der Waals surface area contributed by atoms with Gasteiger partial charge in [0.15, 0.2) is 0 Å². The zero-order valence-corrected chi connectivity index (χ0v) is 14.6. The lowest BCUT2D eigenvalue weighted by Crippen LogP contribution is -2.50. The van der Waals surface area contributed by atoms with E-state index in [0.717, 1.165) is 17.0 Å². The largest absolute Gasteiger partial charge is 0.379 e. The van der Waals surface area contributed by atoms with Crippen LogP contribution in [0.4, 0.5) is 0 Å². The maximum absolute atomic E-state index is 12.3. The number of hydrogen-bond donors (Lipinski definition) is 1. The van der Waals surface area contributed by atoms with Crippen molar-refractivity contribution in [2.45, 2.75) is 52.4 Å². The molecule has 0 unspecified atom stereocenters. The van der Waals surface area contributed by atoms with Crippen LogP contribution < -0.4 is 5.32 Å². The Bertz CT molecular complexity index is 706. The van der Waals surface area contributed by atoms with Crippen LogP contribution >= 0.6 is 0 Å². The van der Waals surface area contributed by atoms with E-state index in [1.165, 1.54) is 0 Å². The van der Waals surface area contributed by atoms with Gasteiger partial charge in [0.25, 0.3) is 0 Å². The molecule has 1 N–H and O–H groups in total. The van der Waals surface area contributed by atoms with Gasteiger partial charge in [-0.1, -0.05) is 15.5 Å². The summed E-state index contributed by atoms with van der Waals surface area (Å²) in [7, 11) is 0. The summed E-state index contributed by atoms with van der Waals surface area (Å²) < 4.78 is 21.2. The molecule has 0 spiro atoms. The normalized spacial score (nSPS) is 20.6. The molecule has 1 fully saturated rings. The van der Waals surface area contributed by atoms with Gasteiger partial charge < -0.3 is 19.3 Å². The Morgan fingerprint density at radius 2 is 2.08 bits per heavy atom. The molecular weight excluding hydrogens is 328 g/mol. The lowest BCUT2D eigenvalue weighted by atomic mass is 10.1. The summed E-state index contributed by atoms with van der Waals surface area (Å²) in [6.07, 6.45) is 0.583. The smallest absolute Gasteiger partial charge is 0.226 e. The summed E-state index contributed by atoms with van der Waals surface area (Å²) in [5, 5.41) is 14.3. The van der Waals surface area contributed by atoms with Crippen molar-refractivity contribution in [3.63, 3.8) is 0 Å². The quantitative estimate of drug-likeness (QED) is 0.821. The number of aryl methyl sites for hydroxylation is 3. The van der Waals surface area contributed by atoms with Crippen LogP contribution in [0.1, 0.15) is 34.8 Å².